The summed E-state index contributed by atoms with van der Waals surface area (Å²) in [5.41, 5.74) is 0. The highest BCUT2D eigenvalue weighted by Gasteiger charge is 2.07. The van der Waals surface area contributed by atoms with Gasteiger partial charge < -0.3 is 10.6 Å². The maximum Gasteiger partial charge on any atom is 0.234 e. The monoisotopic (exact) mass is 352 g/mol. The number of nitrogens with zero attached hydrogens (tertiary/aromatic N) is 2. The SMILES string of the molecule is O=C=NCCCCCCNC(=O)CC(=O)NCCCCCCN=C=O. The molecule has 0 aliphatic carbocycles. The molecule has 0 bridgehead atoms. The summed E-state index contributed by atoms with van der Waals surface area (Å²) in [6.07, 6.45) is 9.99. The lowest BCUT2D eigenvalue weighted by molar-refractivity contribution is -0.129. The number of aliphatic imine (C=N–C) groups is 2. The van der Waals surface area contributed by atoms with Crippen LogP contribution in [0.25, 0.3) is 0 Å². The second-order valence-corrected chi connectivity index (χ2v) is 5.65. The number of isocyanates is 2. The highest BCUT2D eigenvalue weighted by Crippen LogP contribution is 2.00. The first-order valence-corrected chi connectivity index (χ1v) is 8.81. The average Bonchev–Trinajstić information content (AvgIpc) is 2.59. The Morgan fingerprint density at radius 1 is 0.640 bits per heavy atom. The van der Waals surface area contributed by atoms with Gasteiger partial charge in [0, 0.05) is 13.1 Å². The topological polar surface area (TPSA) is 117 Å². The van der Waals surface area contributed by atoms with Crippen LogP contribution in [0.5, 0.6) is 0 Å². The minimum atomic E-state index is -0.269. The van der Waals surface area contributed by atoms with Crippen molar-refractivity contribution >= 4 is 24.0 Å². The van der Waals surface area contributed by atoms with Gasteiger partial charge in [0.2, 0.25) is 24.0 Å². The fraction of sp³-hybridized carbons (Fsp3) is 0.765. The summed E-state index contributed by atoms with van der Waals surface area (Å²) in [5, 5.41) is 5.44. The standard InChI is InChI=1S/C17H28N4O4/c22-14-18-9-5-1-3-7-11-20-16(24)13-17(25)21-12-8-4-2-6-10-19-15-23/h1-13H2,(H,20,24)(H,21,25). The molecule has 0 aromatic carbocycles. The Labute approximate surface area is 148 Å². The number of nitrogens with one attached hydrogen (secondary N) is 2. The van der Waals surface area contributed by atoms with Crippen LogP contribution in [0, 0.1) is 0 Å². The van der Waals surface area contributed by atoms with Crippen molar-refractivity contribution in [2.45, 2.75) is 57.8 Å². The summed E-state index contributed by atoms with van der Waals surface area (Å²) in [5.74, 6) is -0.537. The van der Waals surface area contributed by atoms with E-state index in [1.165, 1.54) is 12.2 Å². The Morgan fingerprint density at radius 2 is 1.04 bits per heavy atom. The van der Waals surface area contributed by atoms with Crippen LogP contribution >= 0.6 is 0 Å². The smallest absolute Gasteiger partial charge is 0.234 e. The zero-order chi connectivity index (χ0) is 18.6. The first kappa shape index (κ1) is 22.7. The van der Waals surface area contributed by atoms with Crippen LogP contribution in [0.3, 0.4) is 0 Å². The van der Waals surface area contributed by atoms with Crippen molar-refractivity contribution in [2.75, 3.05) is 26.2 Å². The predicted octanol–water partition coefficient (Wildman–Crippen LogP) is 1.40. The van der Waals surface area contributed by atoms with Gasteiger partial charge in [-0.15, -0.1) is 0 Å². The second kappa shape index (κ2) is 18.0. The number of hydrogen-bond acceptors (Lipinski definition) is 6. The first-order valence-electron chi connectivity index (χ1n) is 8.81. The third kappa shape index (κ3) is 17.9. The molecule has 0 fully saturated rings. The van der Waals surface area contributed by atoms with E-state index in [2.05, 4.69) is 20.6 Å². The molecule has 0 aliphatic rings. The van der Waals surface area contributed by atoms with Crippen LogP contribution < -0.4 is 10.6 Å². The van der Waals surface area contributed by atoms with E-state index in [0.717, 1.165) is 51.4 Å². The molecule has 0 atom stereocenters. The Balaban J connectivity index is 3.42. The van der Waals surface area contributed by atoms with Gasteiger partial charge >= 0.3 is 0 Å². The van der Waals surface area contributed by atoms with Crippen molar-refractivity contribution in [2.24, 2.45) is 9.98 Å². The predicted molar refractivity (Wildman–Crippen MR) is 93.5 cm³/mol. The number of hydrogen-bond donors (Lipinski definition) is 2. The minimum Gasteiger partial charge on any atom is -0.356 e. The van der Waals surface area contributed by atoms with Gasteiger partial charge in [0.15, 0.2) is 0 Å². The van der Waals surface area contributed by atoms with Crippen LogP contribution in [-0.2, 0) is 19.2 Å². The Hall–Kier alpha value is -2.30. The molecule has 0 spiro atoms. The van der Waals surface area contributed by atoms with Gasteiger partial charge in [0.05, 0.1) is 13.1 Å². The average molecular weight is 352 g/mol. The van der Waals surface area contributed by atoms with E-state index in [0.29, 0.717) is 26.2 Å². The Morgan fingerprint density at radius 3 is 1.44 bits per heavy atom. The molecule has 140 valence electrons. The molecule has 0 aliphatic heterocycles. The number of amides is 2. The van der Waals surface area contributed by atoms with Crippen LogP contribution in [0.4, 0.5) is 0 Å². The number of carbonyl (C=O) groups excluding carboxylic acids is 4. The molecule has 0 saturated carbocycles. The maximum atomic E-state index is 11.6. The second-order valence-electron chi connectivity index (χ2n) is 5.65. The Bertz CT molecular complexity index is 427. The molecule has 2 amide bonds. The molecule has 0 saturated heterocycles. The van der Waals surface area contributed by atoms with Crippen molar-refractivity contribution in [3.05, 3.63) is 0 Å². The highest BCUT2D eigenvalue weighted by atomic mass is 16.2. The van der Waals surface area contributed by atoms with Crippen molar-refractivity contribution in [3.8, 4) is 0 Å². The van der Waals surface area contributed by atoms with Gasteiger partial charge in [0.25, 0.3) is 0 Å². The fourth-order valence-electron chi connectivity index (χ4n) is 2.16. The lowest BCUT2D eigenvalue weighted by Gasteiger charge is -2.06. The van der Waals surface area contributed by atoms with Crippen LogP contribution in [-0.4, -0.2) is 50.2 Å². The number of carbonyl (C=O) groups is 2. The van der Waals surface area contributed by atoms with Crippen LogP contribution in [0.15, 0.2) is 9.98 Å². The van der Waals surface area contributed by atoms with E-state index in [1.54, 1.807) is 0 Å². The fourth-order valence-corrected chi connectivity index (χ4v) is 2.16. The summed E-state index contributed by atoms with van der Waals surface area (Å²) >= 11 is 0. The van der Waals surface area contributed by atoms with Crippen LogP contribution in [0.1, 0.15) is 57.8 Å². The third-order valence-electron chi connectivity index (χ3n) is 3.49. The molecule has 0 unspecified atom stereocenters. The zero-order valence-corrected chi connectivity index (χ0v) is 14.7. The van der Waals surface area contributed by atoms with Gasteiger partial charge in [-0.3, -0.25) is 9.59 Å². The van der Waals surface area contributed by atoms with E-state index in [4.69, 9.17) is 0 Å². The maximum absolute atomic E-state index is 11.6. The molecule has 0 rings (SSSR count). The molecule has 0 radical (unpaired) electrons. The summed E-state index contributed by atoms with van der Waals surface area (Å²) in [6.45, 7) is 2.10. The zero-order valence-electron chi connectivity index (χ0n) is 14.7. The van der Waals surface area contributed by atoms with E-state index in [1.807, 2.05) is 0 Å². The number of unbranched alkanes of at least 4 members (excludes halogenated alkanes) is 6. The van der Waals surface area contributed by atoms with Gasteiger partial charge in [-0.1, -0.05) is 25.7 Å². The molecule has 2 N–H and O–H groups in total. The number of rotatable bonds is 16. The van der Waals surface area contributed by atoms with E-state index in [-0.39, 0.29) is 18.2 Å². The van der Waals surface area contributed by atoms with E-state index >= 15 is 0 Å². The molecular formula is C17H28N4O4. The molecule has 0 heterocycles. The van der Waals surface area contributed by atoms with E-state index < -0.39 is 0 Å². The summed E-state index contributed by atoms with van der Waals surface area (Å²) in [7, 11) is 0. The van der Waals surface area contributed by atoms with Gasteiger partial charge in [0.1, 0.15) is 6.42 Å². The molecule has 8 nitrogen and oxygen atoms in total. The molecule has 0 aromatic rings. The largest absolute Gasteiger partial charge is 0.356 e. The molecule has 25 heavy (non-hydrogen) atoms. The minimum absolute atomic E-state index is 0.151. The van der Waals surface area contributed by atoms with Gasteiger partial charge in [-0.05, 0) is 25.7 Å². The van der Waals surface area contributed by atoms with Crippen molar-refractivity contribution in [3.63, 3.8) is 0 Å². The van der Waals surface area contributed by atoms with Gasteiger partial charge in [-0.2, -0.15) is 0 Å². The van der Waals surface area contributed by atoms with Crippen molar-refractivity contribution < 1.29 is 19.2 Å². The summed E-state index contributed by atoms with van der Waals surface area (Å²) in [4.78, 5) is 49.8. The van der Waals surface area contributed by atoms with Gasteiger partial charge in [-0.25, -0.2) is 19.6 Å². The highest BCUT2D eigenvalue weighted by molar-refractivity contribution is 5.96. The lowest BCUT2D eigenvalue weighted by atomic mass is 10.2. The lowest BCUT2D eigenvalue weighted by Crippen LogP contribution is -2.32. The third-order valence-corrected chi connectivity index (χ3v) is 3.49. The van der Waals surface area contributed by atoms with Crippen molar-refractivity contribution in [1.82, 2.24) is 10.6 Å². The quantitative estimate of drug-likeness (QED) is 0.189. The van der Waals surface area contributed by atoms with Crippen molar-refractivity contribution in [1.29, 1.82) is 0 Å². The Kier molecular flexibility index (Phi) is 16.4. The first-order chi connectivity index (χ1) is 12.2. The molecular weight excluding hydrogens is 324 g/mol. The summed E-state index contributed by atoms with van der Waals surface area (Å²) < 4.78 is 0. The normalized spacial score (nSPS) is 9.60. The van der Waals surface area contributed by atoms with E-state index in [9.17, 15) is 19.2 Å². The molecule has 0 aromatic heterocycles. The van der Waals surface area contributed by atoms with Crippen LogP contribution in [0.2, 0.25) is 0 Å². The molecule has 8 heteroatoms. The summed E-state index contributed by atoms with van der Waals surface area (Å²) in [6, 6.07) is 0.